The molecule has 1 saturated carbocycles. The second-order valence-electron chi connectivity index (χ2n) is 9.91. The third kappa shape index (κ3) is 8.48. The SMILES string of the molecule is CC[C@@H](C(=O)NC1CCCCC1)N(Cc1cccc(OC)c1)C(=O)CCCN(c1ccccc1)S(C)(=O)=O. The van der Waals surface area contributed by atoms with Gasteiger partial charge in [0.05, 0.1) is 19.1 Å². The standard InChI is InChI=1S/C29H41N3O5S/c1-4-27(29(34)30-24-14-7-5-8-15-24)31(22-23-13-11-18-26(21-23)37-2)28(33)19-12-20-32(38(3,35)36)25-16-9-6-10-17-25/h6,9-11,13,16-18,21,24,27H,4-5,7-8,12,14-15,19-20,22H2,1-3H3,(H,30,34)/t27-/m0/s1. The van der Waals surface area contributed by atoms with Crippen molar-refractivity contribution in [1.82, 2.24) is 10.2 Å². The summed E-state index contributed by atoms with van der Waals surface area (Å²) in [5.41, 5.74) is 1.43. The third-order valence-electron chi connectivity index (χ3n) is 7.02. The van der Waals surface area contributed by atoms with E-state index in [0.29, 0.717) is 24.3 Å². The fourth-order valence-electron chi connectivity index (χ4n) is 5.03. The molecule has 8 nitrogen and oxygen atoms in total. The number of methoxy groups -OCH3 is 1. The van der Waals surface area contributed by atoms with Crippen molar-refractivity contribution >= 4 is 27.5 Å². The van der Waals surface area contributed by atoms with E-state index in [1.165, 1.54) is 17.0 Å². The van der Waals surface area contributed by atoms with Crippen LogP contribution < -0.4 is 14.4 Å². The van der Waals surface area contributed by atoms with E-state index in [4.69, 9.17) is 4.74 Å². The van der Waals surface area contributed by atoms with E-state index < -0.39 is 16.1 Å². The van der Waals surface area contributed by atoms with Crippen molar-refractivity contribution < 1.29 is 22.7 Å². The first-order chi connectivity index (χ1) is 18.2. The van der Waals surface area contributed by atoms with Crippen LogP contribution in [-0.4, -0.2) is 57.1 Å². The first kappa shape index (κ1) is 29.5. The maximum absolute atomic E-state index is 13.6. The maximum atomic E-state index is 13.6. The van der Waals surface area contributed by atoms with Crippen molar-refractivity contribution in [2.75, 3.05) is 24.2 Å². The van der Waals surface area contributed by atoms with Gasteiger partial charge < -0.3 is 15.0 Å². The van der Waals surface area contributed by atoms with Gasteiger partial charge in [-0.15, -0.1) is 0 Å². The average molecular weight is 544 g/mol. The second kappa shape index (κ2) is 14.2. The zero-order chi connectivity index (χ0) is 27.5. The first-order valence-corrected chi connectivity index (χ1v) is 15.3. The van der Waals surface area contributed by atoms with Crippen LogP contribution in [0.1, 0.15) is 63.9 Å². The Morgan fingerprint density at radius 1 is 1.05 bits per heavy atom. The summed E-state index contributed by atoms with van der Waals surface area (Å²) in [6.07, 6.45) is 7.43. The Labute approximate surface area is 227 Å². The Morgan fingerprint density at radius 2 is 1.76 bits per heavy atom. The van der Waals surface area contributed by atoms with E-state index in [0.717, 1.165) is 31.2 Å². The van der Waals surface area contributed by atoms with Gasteiger partial charge in [-0.25, -0.2) is 8.42 Å². The Balaban J connectivity index is 1.76. The molecule has 208 valence electrons. The Morgan fingerprint density at radius 3 is 2.39 bits per heavy atom. The number of nitrogens with zero attached hydrogens (tertiary/aromatic N) is 2. The zero-order valence-electron chi connectivity index (χ0n) is 22.8. The van der Waals surface area contributed by atoms with Gasteiger partial charge in [0.1, 0.15) is 11.8 Å². The third-order valence-corrected chi connectivity index (χ3v) is 8.21. The van der Waals surface area contributed by atoms with Crippen molar-refractivity contribution in [3.63, 3.8) is 0 Å². The van der Waals surface area contributed by atoms with Gasteiger partial charge in [-0.1, -0.05) is 56.5 Å². The van der Waals surface area contributed by atoms with Crippen LogP contribution in [0.15, 0.2) is 54.6 Å². The highest BCUT2D eigenvalue weighted by atomic mass is 32.2. The summed E-state index contributed by atoms with van der Waals surface area (Å²) in [6.45, 7) is 2.35. The highest BCUT2D eigenvalue weighted by Gasteiger charge is 2.30. The van der Waals surface area contributed by atoms with Gasteiger partial charge >= 0.3 is 0 Å². The molecule has 3 rings (SSSR count). The lowest BCUT2D eigenvalue weighted by atomic mass is 9.95. The molecule has 0 bridgehead atoms. The highest BCUT2D eigenvalue weighted by Crippen LogP contribution is 2.22. The van der Waals surface area contributed by atoms with Gasteiger partial charge in [0.15, 0.2) is 0 Å². The molecule has 1 aliphatic carbocycles. The zero-order valence-corrected chi connectivity index (χ0v) is 23.6. The van der Waals surface area contributed by atoms with Gasteiger partial charge in [0.2, 0.25) is 21.8 Å². The van der Waals surface area contributed by atoms with Gasteiger partial charge in [-0.05, 0) is 55.5 Å². The molecule has 0 spiro atoms. The summed E-state index contributed by atoms with van der Waals surface area (Å²) in [7, 11) is -1.92. The van der Waals surface area contributed by atoms with E-state index in [1.807, 2.05) is 37.3 Å². The molecule has 1 fully saturated rings. The molecule has 0 saturated heterocycles. The predicted molar refractivity (Wildman–Crippen MR) is 151 cm³/mol. The molecule has 0 aliphatic heterocycles. The van der Waals surface area contributed by atoms with Crippen molar-refractivity contribution in [3.8, 4) is 5.75 Å². The van der Waals surface area contributed by atoms with Gasteiger partial charge in [0.25, 0.3) is 0 Å². The summed E-state index contributed by atoms with van der Waals surface area (Å²) >= 11 is 0. The molecule has 2 aromatic rings. The van der Waals surface area contributed by atoms with E-state index in [-0.39, 0.29) is 37.4 Å². The van der Waals surface area contributed by atoms with Crippen molar-refractivity contribution in [2.24, 2.45) is 0 Å². The molecule has 0 radical (unpaired) electrons. The summed E-state index contributed by atoms with van der Waals surface area (Å²) in [4.78, 5) is 28.6. The number of benzene rings is 2. The summed E-state index contributed by atoms with van der Waals surface area (Å²) in [5.74, 6) is 0.374. The van der Waals surface area contributed by atoms with Gasteiger partial charge in [0, 0.05) is 25.6 Å². The van der Waals surface area contributed by atoms with Crippen LogP contribution in [0, 0.1) is 0 Å². The first-order valence-electron chi connectivity index (χ1n) is 13.5. The lowest BCUT2D eigenvalue weighted by Gasteiger charge is -2.33. The number of carbonyl (C=O) groups excluding carboxylic acids is 2. The molecular weight excluding hydrogens is 502 g/mol. The Hall–Kier alpha value is -3.07. The van der Waals surface area contributed by atoms with Gasteiger partial charge in [-0.2, -0.15) is 0 Å². The van der Waals surface area contributed by atoms with Crippen LogP contribution in [0.3, 0.4) is 0 Å². The largest absolute Gasteiger partial charge is 0.497 e. The summed E-state index contributed by atoms with van der Waals surface area (Å²) in [5, 5.41) is 3.18. The molecule has 1 atom stereocenters. The number of rotatable bonds is 13. The van der Waals surface area contributed by atoms with E-state index >= 15 is 0 Å². The predicted octanol–water partition coefficient (Wildman–Crippen LogP) is 4.50. The number of ether oxygens (including phenoxy) is 1. The van der Waals surface area contributed by atoms with Crippen LogP contribution >= 0.6 is 0 Å². The molecule has 0 heterocycles. The number of hydrogen-bond acceptors (Lipinski definition) is 5. The normalized spacial score (nSPS) is 14.9. The molecule has 0 aromatic heterocycles. The summed E-state index contributed by atoms with van der Waals surface area (Å²) < 4.78 is 31.6. The number of amides is 2. The molecule has 1 N–H and O–H groups in total. The van der Waals surface area contributed by atoms with E-state index in [1.54, 1.807) is 36.3 Å². The molecule has 38 heavy (non-hydrogen) atoms. The number of sulfonamides is 1. The fraction of sp³-hybridized carbons (Fsp3) is 0.517. The van der Waals surface area contributed by atoms with Crippen LogP contribution in [0.4, 0.5) is 5.69 Å². The molecular formula is C29H41N3O5S. The number of carbonyl (C=O) groups is 2. The highest BCUT2D eigenvalue weighted by molar-refractivity contribution is 7.92. The minimum Gasteiger partial charge on any atom is -0.497 e. The Bertz CT molecular complexity index is 1150. The Kier molecular flexibility index (Phi) is 11.0. The fourth-order valence-corrected chi connectivity index (χ4v) is 5.99. The number of nitrogens with one attached hydrogen (secondary N) is 1. The van der Waals surface area contributed by atoms with E-state index in [9.17, 15) is 18.0 Å². The minimum absolute atomic E-state index is 0.121. The van der Waals surface area contributed by atoms with Crippen LogP contribution in [0.5, 0.6) is 5.75 Å². The van der Waals surface area contributed by atoms with Crippen molar-refractivity contribution in [1.29, 1.82) is 0 Å². The number of anilines is 1. The topological polar surface area (TPSA) is 96.0 Å². The monoisotopic (exact) mass is 543 g/mol. The number of hydrogen-bond donors (Lipinski definition) is 1. The minimum atomic E-state index is -3.51. The van der Waals surface area contributed by atoms with Crippen LogP contribution in [0.25, 0.3) is 0 Å². The van der Waals surface area contributed by atoms with Crippen LogP contribution in [-0.2, 0) is 26.2 Å². The van der Waals surface area contributed by atoms with E-state index in [2.05, 4.69) is 5.32 Å². The van der Waals surface area contributed by atoms with Crippen LogP contribution in [0.2, 0.25) is 0 Å². The molecule has 0 unspecified atom stereocenters. The lowest BCUT2D eigenvalue weighted by Crippen LogP contribution is -2.51. The maximum Gasteiger partial charge on any atom is 0.243 e. The molecule has 1 aliphatic rings. The van der Waals surface area contributed by atoms with Gasteiger partial charge in [-0.3, -0.25) is 13.9 Å². The average Bonchev–Trinajstić information content (AvgIpc) is 2.91. The van der Waals surface area contributed by atoms with Crippen molar-refractivity contribution in [3.05, 3.63) is 60.2 Å². The molecule has 9 heteroatoms. The lowest BCUT2D eigenvalue weighted by molar-refractivity contribution is -0.141. The van der Waals surface area contributed by atoms with Crippen molar-refractivity contribution in [2.45, 2.75) is 76.9 Å². The molecule has 2 amide bonds. The quantitative estimate of drug-likeness (QED) is 0.401. The molecule has 2 aromatic carbocycles. The number of para-hydroxylation sites is 1. The smallest absolute Gasteiger partial charge is 0.243 e. The second-order valence-corrected chi connectivity index (χ2v) is 11.8. The summed E-state index contributed by atoms with van der Waals surface area (Å²) in [6, 6.07) is 15.9.